The summed E-state index contributed by atoms with van der Waals surface area (Å²) in [6.07, 6.45) is 2.94. The number of nitrogens with one attached hydrogen (secondary N) is 1. The molecule has 0 radical (unpaired) electrons. The number of rotatable bonds is 6. The van der Waals surface area contributed by atoms with Crippen molar-refractivity contribution in [2.24, 2.45) is 0 Å². The van der Waals surface area contributed by atoms with Gasteiger partial charge in [0.1, 0.15) is 4.90 Å². The van der Waals surface area contributed by atoms with E-state index in [1.807, 2.05) is 0 Å². The number of amides is 1. The highest BCUT2D eigenvalue weighted by atomic mass is 79.9. The minimum absolute atomic E-state index is 0.0730. The highest BCUT2D eigenvalue weighted by molar-refractivity contribution is 9.10. The molecule has 0 spiro atoms. The summed E-state index contributed by atoms with van der Waals surface area (Å²) in [7, 11) is 1.25. The predicted octanol–water partition coefficient (Wildman–Crippen LogP) is 2.89. The zero-order chi connectivity index (χ0) is 13.8. The Morgan fingerprint density at radius 2 is 2.17 bits per heavy atom. The zero-order valence-corrected chi connectivity index (χ0v) is 12.9. The van der Waals surface area contributed by atoms with Gasteiger partial charge in [-0.1, -0.05) is 19.8 Å². The molecule has 0 atom stereocenters. The lowest BCUT2D eigenvalue weighted by molar-refractivity contribution is 0.0924. The van der Waals surface area contributed by atoms with Crippen LogP contribution < -0.4 is 5.32 Å². The molecular weight excluding hydrogens is 346 g/mol. The molecule has 0 saturated carbocycles. The molecule has 8 heteroatoms. The van der Waals surface area contributed by atoms with Gasteiger partial charge in [0, 0.05) is 23.3 Å². The number of hydrogen-bond donors (Lipinski definition) is 1. The number of unbranched alkanes of at least 4 members (excludes halogenated alkanes) is 2. The smallest absolute Gasteiger partial charge is 0.287 e. The number of carbonyl (C=O) groups excluding carboxylic acids is 1. The molecular formula is C10H13BrClNO4S. The molecule has 0 aliphatic rings. The monoisotopic (exact) mass is 357 g/mol. The van der Waals surface area contributed by atoms with Crippen molar-refractivity contribution >= 4 is 41.6 Å². The average Bonchev–Trinajstić information content (AvgIpc) is 2.66. The lowest BCUT2D eigenvalue weighted by Gasteiger charge is -2.01. The molecule has 0 fully saturated rings. The molecule has 18 heavy (non-hydrogen) atoms. The Kier molecular flexibility index (Phi) is 5.68. The number of carbonyl (C=O) groups is 1. The molecule has 0 aliphatic carbocycles. The topological polar surface area (TPSA) is 76.4 Å². The van der Waals surface area contributed by atoms with Crippen molar-refractivity contribution in [2.75, 3.05) is 6.54 Å². The number of hydrogen-bond acceptors (Lipinski definition) is 4. The van der Waals surface area contributed by atoms with E-state index in [-0.39, 0.29) is 15.3 Å². The lowest BCUT2D eigenvalue weighted by atomic mass is 10.2. The molecule has 0 unspecified atom stereocenters. The van der Waals surface area contributed by atoms with E-state index >= 15 is 0 Å². The van der Waals surface area contributed by atoms with Crippen molar-refractivity contribution < 1.29 is 17.6 Å². The highest BCUT2D eigenvalue weighted by Gasteiger charge is 2.22. The van der Waals surface area contributed by atoms with E-state index < -0.39 is 15.0 Å². The molecule has 5 nitrogen and oxygen atoms in total. The average molecular weight is 359 g/mol. The van der Waals surface area contributed by atoms with Crippen LogP contribution in [-0.4, -0.2) is 20.9 Å². The van der Waals surface area contributed by atoms with Crippen LogP contribution in [0.25, 0.3) is 0 Å². The summed E-state index contributed by atoms with van der Waals surface area (Å²) in [4.78, 5) is 11.4. The summed E-state index contributed by atoms with van der Waals surface area (Å²) < 4.78 is 27.2. The zero-order valence-electron chi connectivity index (χ0n) is 9.70. The van der Waals surface area contributed by atoms with Crippen molar-refractivity contribution in [3.8, 4) is 0 Å². The first-order chi connectivity index (χ1) is 8.36. The van der Waals surface area contributed by atoms with Gasteiger partial charge in [-0.25, -0.2) is 8.42 Å². The Labute approximate surface area is 118 Å². The van der Waals surface area contributed by atoms with E-state index in [0.29, 0.717) is 6.54 Å². The summed E-state index contributed by atoms with van der Waals surface area (Å²) in [6, 6.07) is 1.10. The Hall–Kier alpha value is -0.530. The van der Waals surface area contributed by atoms with Crippen molar-refractivity contribution in [1.29, 1.82) is 0 Å². The Balaban J connectivity index is 2.71. The summed E-state index contributed by atoms with van der Waals surface area (Å²) in [6.45, 7) is 2.58. The molecule has 1 aromatic rings. The summed E-state index contributed by atoms with van der Waals surface area (Å²) >= 11 is 2.90. The van der Waals surface area contributed by atoms with Crippen LogP contribution in [0.5, 0.6) is 0 Å². The second-order valence-electron chi connectivity index (χ2n) is 3.65. The molecule has 0 bridgehead atoms. The molecule has 0 aromatic carbocycles. The maximum Gasteiger partial charge on any atom is 0.287 e. The SMILES string of the molecule is CCCCCNC(=O)c1cc(S(=O)(=O)Cl)c(Br)o1. The van der Waals surface area contributed by atoms with E-state index in [4.69, 9.17) is 15.1 Å². The summed E-state index contributed by atoms with van der Waals surface area (Å²) in [5.74, 6) is -0.545. The molecule has 1 aromatic heterocycles. The number of furan rings is 1. The number of halogens is 2. The van der Waals surface area contributed by atoms with E-state index in [9.17, 15) is 13.2 Å². The van der Waals surface area contributed by atoms with Crippen LogP contribution in [0.4, 0.5) is 0 Å². The largest absolute Gasteiger partial charge is 0.443 e. The third-order valence-electron chi connectivity index (χ3n) is 2.21. The predicted molar refractivity (Wildman–Crippen MR) is 71.3 cm³/mol. The summed E-state index contributed by atoms with van der Waals surface area (Å²) in [5.41, 5.74) is 0. The molecule has 1 heterocycles. The molecule has 1 N–H and O–H groups in total. The van der Waals surface area contributed by atoms with Crippen LogP contribution in [0.2, 0.25) is 0 Å². The first kappa shape index (κ1) is 15.5. The van der Waals surface area contributed by atoms with Gasteiger partial charge in [0.2, 0.25) is 0 Å². The first-order valence-corrected chi connectivity index (χ1v) is 8.48. The lowest BCUT2D eigenvalue weighted by Crippen LogP contribution is -2.23. The van der Waals surface area contributed by atoms with Crippen molar-refractivity contribution in [1.82, 2.24) is 5.32 Å². The highest BCUT2D eigenvalue weighted by Crippen LogP contribution is 2.28. The van der Waals surface area contributed by atoms with Gasteiger partial charge in [-0.2, -0.15) is 0 Å². The second-order valence-corrected chi connectivity index (χ2v) is 6.90. The van der Waals surface area contributed by atoms with E-state index in [1.54, 1.807) is 0 Å². The van der Waals surface area contributed by atoms with Crippen LogP contribution in [0.1, 0.15) is 36.7 Å². The van der Waals surface area contributed by atoms with Crippen LogP contribution in [0.15, 0.2) is 20.0 Å². The van der Waals surface area contributed by atoms with Gasteiger partial charge in [0.05, 0.1) is 0 Å². The third kappa shape index (κ3) is 4.29. The van der Waals surface area contributed by atoms with Gasteiger partial charge in [-0.05, 0) is 22.4 Å². The standard InChI is InChI=1S/C10H13BrClNO4S/c1-2-3-4-5-13-10(14)7-6-8(9(11)17-7)18(12,15)16/h6H,2-5H2,1H3,(H,13,14). The Bertz CT molecular complexity index is 526. The van der Waals surface area contributed by atoms with Crippen LogP contribution in [0.3, 0.4) is 0 Å². The van der Waals surface area contributed by atoms with Crippen molar-refractivity contribution in [3.05, 3.63) is 16.5 Å². The second kappa shape index (κ2) is 6.58. The van der Waals surface area contributed by atoms with E-state index in [2.05, 4.69) is 28.2 Å². The van der Waals surface area contributed by atoms with Gasteiger partial charge in [-0.15, -0.1) is 0 Å². The molecule has 0 saturated heterocycles. The quantitative estimate of drug-likeness (QED) is 0.626. The first-order valence-electron chi connectivity index (χ1n) is 5.38. The minimum atomic E-state index is -3.92. The van der Waals surface area contributed by atoms with Crippen LogP contribution >= 0.6 is 26.6 Å². The van der Waals surface area contributed by atoms with E-state index in [0.717, 1.165) is 25.3 Å². The van der Waals surface area contributed by atoms with Gasteiger partial charge < -0.3 is 9.73 Å². The maximum absolute atomic E-state index is 11.6. The van der Waals surface area contributed by atoms with Gasteiger partial charge >= 0.3 is 0 Å². The van der Waals surface area contributed by atoms with Crippen molar-refractivity contribution in [3.63, 3.8) is 0 Å². The fourth-order valence-corrected chi connectivity index (χ4v) is 3.33. The van der Waals surface area contributed by atoms with Gasteiger partial charge in [0.15, 0.2) is 10.4 Å². The molecule has 102 valence electrons. The minimum Gasteiger partial charge on any atom is -0.443 e. The third-order valence-corrected chi connectivity index (χ3v) is 4.39. The fraction of sp³-hybridized carbons (Fsp3) is 0.500. The molecule has 1 rings (SSSR count). The molecule has 1 amide bonds. The fourth-order valence-electron chi connectivity index (χ4n) is 1.29. The Morgan fingerprint density at radius 3 is 2.67 bits per heavy atom. The van der Waals surface area contributed by atoms with Crippen molar-refractivity contribution in [2.45, 2.75) is 31.1 Å². The molecule has 0 aliphatic heterocycles. The van der Waals surface area contributed by atoms with E-state index in [1.165, 1.54) is 0 Å². The van der Waals surface area contributed by atoms with Crippen LogP contribution in [-0.2, 0) is 9.05 Å². The normalized spacial score (nSPS) is 11.5. The maximum atomic E-state index is 11.6. The van der Waals surface area contributed by atoms with Gasteiger partial charge in [0.25, 0.3) is 15.0 Å². The summed E-state index contributed by atoms with van der Waals surface area (Å²) in [5, 5.41) is 2.63. The van der Waals surface area contributed by atoms with Gasteiger partial charge in [-0.3, -0.25) is 4.79 Å². The Morgan fingerprint density at radius 1 is 1.50 bits per heavy atom. The van der Waals surface area contributed by atoms with Crippen LogP contribution in [0, 0.1) is 0 Å².